The van der Waals surface area contributed by atoms with Crippen molar-refractivity contribution in [3.63, 3.8) is 0 Å². The molecule has 1 aliphatic heterocycles. The molecule has 15 heavy (non-hydrogen) atoms. The maximum atomic E-state index is 8.94. The number of ether oxygens (including phenoxy) is 1. The fourth-order valence-corrected chi connectivity index (χ4v) is 1.91. The number of rotatable bonds is 5. The van der Waals surface area contributed by atoms with Crippen molar-refractivity contribution in [2.75, 3.05) is 19.8 Å². The first-order valence-corrected chi connectivity index (χ1v) is 6.09. The van der Waals surface area contributed by atoms with Gasteiger partial charge >= 0.3 is 0 Å². The van der Waals surface area contributed by atoms with Crippen molar-refractivity contribution in [3.05, 3.63) is 0 Å². The van der Waals surface area contributed by atoms with Gasteiger partial charge in [0.2, 0.25) is 0 Å². The average molecular weight is 215 g/mol. The zero-order valence-corrected chi connectivity index (χ0v) is 10.2. The Bertz CT molecular complexity index is 173. The molecule has 3 nitrogen and oxygen atoms in total. The Morgan fingerprint density at radius 2 is 2.13 bits per heavy atom. The highest BCUT2D eigenvalue weighted by atomic mass is 16.5. The van der Waals surface area contributed by atoms with Crippen LogP contribution < -0.4 is 5.32 Å². The summed E-state index contributed by atoms with van der Waals surface area (Å²) in [6, 6.07) is 0.570. The van der Waals surface area contributed by atoms with Gasteiger partial charge in [-0.3, -0.25) is 0 Å². The smallest absolute Gasteiger partial charge is 0.0612 e. The first-order valence-electron chi connectivity index (χ1n) is 6.09. The summed E-state index contributed by atoms with van der Waals surface area (Å²) in [7, 11) is 0. The van der Waals surface area contributed by atoms with E-state index in [-0.39, 0.29) is 6.61 Å². The lowest BCUT2D eigenvalue weighted by molar-refractivity contribution is -0.0249. The van der Waals surface area contributed by atoms with E-state index in [0.717, 1.165) is 26.0 Å². The van der Waals surface area contributed by atoms with Crippen LogP contribution >= 0.6 is 0 Å². The second-order valence-electron chi connectivity index (χ2n) is 5.07. The summed E-state index contributed by atoms with van der Waals surface area (Å²) in [5.74, 6) is 0.954. The fourth-order valence-electron chi connectivity index (χ4n) is 1.91. The van der Waals surface area contributed by atoms with Gasteiger partial charge in [-0.1, -0.05) is 20.8 Å². The van der Waals surface area contributed by atoms with Gasteiger partial charge in [-0.2, -0.15) is 0 Å². The normalized spacial score (nSPS) is 29.4. The van der Waals surface area contributed by atoms with E-state index in [1.165, 1.54) is 0 Å². The molecule has 1 heterocycles. The predicted octanol–water partition coefficient (Wildman–Crippen LogP) is 1.41. The predicted molar refractivity (Wildman–Crippen MR) is 61.9 cm³/mol. The molecule has 0 aliphatic carbocycles. The summed E-state index contributed by atoms with van der Waals surface area (Å²) in [5.41, 5.74) is 0. The van der Waals surface area contributed by atoms with Gasteiger partial charge in [0.05, 0.1) is 6.10 Å². The molecule has 0 saturated carbocycles. The van der Waals surface area contributed by atoms with Crippen molar-refractivity contribution in [2.24, 2.45) is 11.8 Å². The molecule has 1 aliphatic rings. The third-order valence-corrected chi connectivity index (χ3v) is 3.13. The number of nitrogens with one attached hydrogen (secondary N) is 1. The van der Waals surface area contributed by atoms with Crippen molar-refractivity contribution in [3.8, 4) is 0 Å². The third-order valence-electron chi connectivity index (χ3n) is 3.13. The Morgan fingerprint density at radius 1 is 1.40 bits per heavy atom. The van der Waals surface area contributed by atoms with Crippen LogP contribution in [-0.2, 0) is 4.74 Å². The van der Waals surface area contributed by atoms with Gasteiger partial charge in [0.25, 0.3) is 0 Å². The maximum Gasteiger partial charge on any atom is 0.0612 e. The van der Waals surface area contributed by atoms with Crippen LogP contribution in [0.5, 0.6) is 0 Å². The third kappa shape index (κ3) is 4.49. The highest BCUT2D eigenvalue weighted by Crippen LogP contribution is 2.20. The Balaban J connectivity index is 2.24. The number of hydrogen-bond donors (Lipinski definition) is 2. The van der Waals surface area contributed by atoms with Crippen LogP contribution in [0.15, 0.2) is 0 Å². The quantitative estimate of drug-likeness (QED) is 0.728. The van der Waals surface area contributed by atoms with Crippen molar-refractivity contribution in [1.29, 1.82) is 0 Å². The van der Waals surface area contributed by atoms with Gasteiger partial charge in [-0.15, -0.1) is 0 Å². The molecule has 0 amide bonds. The molecule has 0 radical (unpaired) electrons. The SMILES string of the molecule is CC(CO)CNC1CCOC(C(C)C)C1. The summed E-state index contributed by atoms with van der Waals surface area (Å²) >= 11 is 0. The first kappa shape index (κ1) is 12.9. The van der Waals surface area contributed by atoms with Crippen LogP contribution in [0.25, 0.3) is 0 Å². The van der Waals surface area contributed by atoms with E-state index in [9.17, 15) is 0 Å². The number of aliphatic hydroxyl groups is 1. The van der Waals surface area contributed by atoms with Crippen molar-refractivity contribution in [2.45, 2.75) is 45.8 Å². The monoisotopic (exact) mass is 215 g/mol. The average Bonchev–Trinajstić information content (AvgIpc) is 2.26. The topological polar surface area (TPSA) is 41.5 Å². The Morgan fingerprint density at radius 3 is 2.73 bits per heavy atom. The molecule has 0 aromatic heterocycles. The minimum Gasteiger partial charge on any atom is -0.396 e. The molecule has 0 spiro atoms. The van der Waals surface area contributed by atoms with Crippen LogP contribution in [-0.4, -0.2) is 37.0 Å². The van der Waals surface area contributed by atoms with Crippen LogP contribution in [0.2, 0.25) is 0 Å². The molecule has 1 saturated heterocycles. The fraction of sp³-hybridized carbons (Fsp3) is 1.00. The molecular weight excluding hydrogens is 190 g/mol. The first-order chi connectivity index (χ1) is 7.13. The zero-order valence-electron chi connectivity index (χ0n) is 10.2. The minimum atomic E-state index is 0.268. The maximum absolute atomic E-state index is 8.94. The van der Waals surface area contributed by atoms with E-state index in [1.54, 1.807) is 0 Å². The van der Waals surface area contributed by atoms with Crippen molar-refractivity contribution in [1.82, 2.24) is 5.32 Å². The second-order valence-corrected chi connectivity index (χ2v) is 5.07. The molecule has 1 rings (SSSR count). The van der Waals surface area contributed by atoms with Crippen molar-refractivity contribution >= 4 is 0 Å². The molecule has 0 aromatic rings. The van der Waals surface area contributed by atoms with E-state index >= 15 is 0 Å². The molecule has 3 atom stereocenters. The number of aliphatic hydroxyl groups excluding tert-OH is 1. The van der Waals surface area contributed by atoms with Gasteiger partial charge in [0, 0.05) is 25.8 Å². The Hall–Kier alpha value is -0.120. The highest BCUT2D eigenvalue weighted by Gasteiger charge is 2.24. The molecule has 0 bridgehead atoms. The lowest BCUT2D eigenvalue weighted by Gasteiger charge is -2.33. The highest BCUT2D eigenvalue weighted by molar-refractivity contribution is 4.79. The molecule has 2 N–H and O–H groups in total. The van der Waals surface area contributed by atoms with Crippen LogP contribution in [0.3, 0.4) is 0 Å². The van der Waals surface area contributed by atoms with Gasteiger partial charge in [0.15, 0.2) is 0 Å². The molecule has 90 valence electrons. The lowest BCUT2D eigenvalue weighted by Crippen LogP contribution is -2.42. The molecule has 3 unspecified atom stereocenters. The van der Waals surface area contributed by atoms with Gasteiger partial charge < -0.3 is 15.2 Å². The minimum absolute atomic E-state index is 0.268. The lowest BCUT2D eigenvalue weighted by atomic mass is 9.95. The summed E-state index contributed by atoms with van der Waals surface area (Å²) in [4.78, 5) is 0. The summed E-state index contributed by atoms with van der Waals surface area (Å²) in [5, 5.41) is 12.5. The largest absolute Gasteiger partial charge is 0.396 e. The van der Waals surface area contributed by atoms with E-state index in [1.807, 2.05) is 0 Å². The van der Waals surface area contributed by atoms with E-state index in [0.29, 0.717) is 24.0 Å². The summed E-state index contributed by atoms with van der Waals surface area (Å²) in [6.07, 6.45) is 2.61. The Kier molecular flexibility index (Phi) is 5.58. The number of hydrogen-bond acceptors (Lipinski definition) is 3. The van der Waals surface area contributed by atoms with Crippen LogP contribution in [0, 0.1) is 11.8 Å². The van der Waals surface area contributed by atoms with E-state index < -0.39 is 0 Å². The van der Waals surface area contributed by atoms with Crippen molar-refractivity contribution < 1.29 is 9.84 Å². The van der Waals surface area contributed by atoms with Gasteiger partial charge in [-0.25, -0.2) is 0 Å². The molecule has 1 fully saturated rings. The molecular formula is C12H25NO2. The van der Waals surface area contributed by atoms with Gasteiger partial charge in [-0.05, 0) is 24.7 Å². The van der Waals surface area contributed by atoms with Gasteiger partial charge in [0.1, 0.15) is 0 Å². The van der Waals surface area contributed by atoms with Crippen LogP contribution in [0.4, 0.5) is 0 Å². The van der Waals surface area contributed by atoms with Crippen LogP contribution in [0.1, 0.15) is 33.6 Å². The standard InChI is InChI=1S/C12H25NO2/c1-9(2)12-6-11(4-5-15-12)13-7-10(3)8-14/h9-14H,4-8H2,1-3H3. The van der Waals surface area contributed by atoms with E-state index in [4.69, 9.17) is 9.84 Å². The zero-order chi connectivity index (χ0) is 11.3. The summed E-state index contributed by atoms with van der Waals surface area (Å²) < 4.78 is 5.71. The van der Waals surface area contributed by atoms with E-state index in [2.05, 4.69) is 26.1 Å². The summed E-state index contributed by atoms with van der Waals surface area (Å²) in [6.45, 7) is 8.53. The molecule has 3 heteroatoms. The molecule has 0 aromatic carbocycles. The Labute approximate surface area is 93.2 Å². The second kappa shape index (κ2) is 6.46.